The summed E-state index contributed by atoms with van der Waals surface area (Å²) < 4.78 is 9.73. The molecule has 0 unspecified atom stereocenters. The molecule has 0 fully saturated rings. The molecular weight excluding hydrogens is 194 g/mol. The molecule has 0 radical (unpaired) electrons. The standard InChI is InChI=1S/C11H11NO3/c1-14-11(13)6-7-15-10-4-2-9(8-12)3-5-10/h2-5H,6-7H2,1H3. The van der Waals surface area contributed by atoms with Gasteiger partial charge < -0.3 is 9.47 Å². The molecule has 4 heteroatoms. The predicted molar refractivity (Wildman–Crippen MR) is 53.3 cm³/mol. The number of nitriles is 1. The second-order valence-corrected chi connectivity index (χ2v) is 2.81. The van der Waals surface area contributed by atoms with Gasteiger partial charge in [-0.3, -0.25) is 4.79 Å². The molecule has 1 aromatic carbocycles. The number of nitrogens with zero attached hydrogens (tertiary/aromatic N) is 1. The lowest BCUT2D eigenvalue weighted by Crippen LogP contribution is -2.07. The van der Waals surface area contributed by atoms with E-state index in [1.807, 2.05) is 6.07 Å². The molecule has 0 saturated carbocycles. The van der Waals surface area contributed by atoms with E-state index in [1.165, 1.54) is 7.11 Å². The van der Waals surface area contributed by atoms with Crippen molar-refractivity contribution in [3.05, 3.63) is 29.8 Å². The Balaban J connectivity index is 2.38. The maximum absolute atomic E-state index is 10.8. The molecular formula is C11H11NO3. The zero-order valence-corrected chi connectivity index (χ0v) is 8.40. The van der Waals surface area contributed by atoms with E-state index in [-0.39, 0.29) is 19.0 Å². The lowest BCUT2D eigenvalue weighted by Gasteiger charge is -2.04. The summed E-state index contributed by atoms with van der Waals surface area (Å²) in [6.07, 6.45) is 0.219. The quantitative estimate of drug-likeness (QED) is 0.699. The van der Waals surface area contributed by atoms with E-state index in [0.29, 0.717) is 11.3 Å². The molecule has 0 aromatic heterocycles. The number of hydrogen-bond donors (Lipinski definition) is 0. The fourth-order valence-corrected chi connectivity index (χ4v) is 0.980. The van der Waals surface area contributed by atoms with E-state index in [4.69, 9.17) is 10.00 Å². The van der Waals surface area contributed by atoms with Crippen LogP contribution in [-0.4, -0.2) is 19.7 Å². The SMILES string of the molecule is COC(=O)CCOc1ccc(C#N)cc1. The van der Waals surface area contributed by atoms with Crippen molar-refractivity contribution in [2.24, 2.45) is 0 Å². The highest BCUT2D eigenvalue weighted by Gasteiger charge is 2.00. The van der Waals surface area contributed by atoms with Crippen LogP contribution in [0.1, 0.15) is 12.0 Å². The van der Waals surface area contributed by atoms with E-state index in [0.717, 1.165) is 0 Å². The zero-order valence-electron chi connectivity index (χ0n) is 8.40. The Morgan fingerprint density at radius 3 is 2.60 bits per heavy atom. The number of rotatable bonds is 4. The molecule has 0 spiro atoms. The van der Waals surface area contributed by atoms with Gasteiger partial charge in [-0.15, -0.1) is 0 Å². The first-order valence-electron chi connectivity index (χ1n) is 4.46. The first kappa shape index (κ1) is 11.1. The lowest BCUT2D eigenvalue weighted by atomic mass is 10.2. The molecule has 0 bridgehead atoms. The number of hydrogen-bond acceptors (Lipinski definition) is 4. The van der Waals surface area contributed by atoms with Crippen molar-refractivity contribution in [1.29, 1.82) is 5.26 Å². The van der Waals surface area contributed by atoms with Gasteiger partial charge in [-0.25, -0.2) is 0 Å². The zero-order chi connectivity index (χ0) is 11.1. The van der Waals surface area contributed by atoms with Crippen molar-refractivity contribution in [1.82, 2.24) is 0 Å². The van der Waals surface area contributed by atoms with Crippen LogP contribution in [0.25, 0.3) is 0 Å². The molecule has 1 rings (SSSR count). The molecule has 0 heterocycles. The van der Waals surface area contributed by atoms with Crippen LogP contribution in [0.15, 0.2) is 24.3 Å². The van der Waals surface area contributed by atoms with E-state index in [2.05, 4.69) is 4.74 Å². The summed E-state index contributed by atoms with van der Waals surface area (Å²) in [6.45, 7) is 0.276. The molecule has 4 nitrogen and oxygen atoms in total. The van der Waals surface area contributed by atoms with Crippen molar-refractivity contribution in [2.75, 3.05) is 13.7 Å². The topological polar surface area (TPSA) is 59.3 Å². The van der Waals surface area contributed by atoms with Crippen molar-refractivity contribution >= 4 is 5.97 Å². The molecule has 78 valence electrons. The second-order valence-electron chi connectivity index (χ2n) is 2.81. The van der Waals surface area contributed by atoms with Gasteiger partial charge in [0.05, 0.1) is 31.8 Å². The van der Waals surface area contributed by atoms with Gasteiger partial charge >= 0.3 is 5.97 Å². The summed E-state index contributed by atoms with van der Waals surface area (Å²) in [6, 6.07) is 8.71. The Morgan fingerprint density at radius 2 is 2.07 bits per heavy atom. The summed E-state index contributed by atoms with van der Waals surface area (Å²) in [4.78, 5) is 10.8. The molecule has 1 aromatic rings. The van der Waals surface area contributed by atoms with Crippen molar-refractivity contribution in [3.8, 4) is 11.8 Å². The number of ether oxygens (including phenoxy) is 2. The third kappa shape index (κ3) is 3.69. The third-order valence-corrected chi connectivity index (χ3v) is 1.79. The Labute approximate surface area is 88.0 Å². The monoisotopic (exact) mass is 205 g/mol. The smallest absolute Gasteiger partial charge is 0.308 e. The minimum Gasteiger partial charge on any atom is -0.493 e. The maximum atomic E-state index is 10.8. The third-order valence-electron chi connectivity index (χ3n) is 1.79. The molecule has 0 amide bonds. The average Bonchev–Trinajstić information content (AvgIpc) is 2.29. The fourth-order valence-electron chi connectivity index (χ4n) is 0.980. The van der Waals surface area contributed by atoms with Gasteiger partial charge in [-0.05, 0) is 24.3 Å². The van der Waals surface area contributed by atoms with Crippen LogP contribution < -0.4 is 4.74 Å². The first-order valence-corrected chi connectivity index (χ1v) is 4.46. The van der Waals surface area contributed by atoms with Gasteiger partial charge in [0.2, 0.25) is 0 Å². The summed E-state index contributed by atoms with van der Waals surface area (Å²) in [7, 11) is 1.34. The molecule has 15 heavy (non-hydrogen) atoms. The number of benzene rings is 1. The highest BCUT2D eigenvalue weighted by Crippen LogP contribution is 2.11. The largest absolute Gasteiger partial charge is 0.493 e. The minimum absolute atomic E-state index is 0.219. The van der Waals surface area contributed by atoms with Gasteiger partial charge in [0.25, 0.3) is 0 Å². The van der Waals surface area contributed by atoms with Crippen LogP contribution in [0, 0.1) is 11.3 Å². The van der Waals surface area contributed by atoms with Gasteiger partial charge in [0, 0.05) is 0 Å². The Morgan fingerprint density at radius 1 is 1.40 bits per heavy atom. The van der Waals surface area contributed by atoms with Gasteiger partial charge in [-0.1, -0.05) is 0 Å². The van der Waals surface area contributed by atoms with Crippen LogP contribution >= 0.6 is 0 Å². The van der Waals surface area contributed by atoms with Gasteiger partial charge in [0.1, 0.15) is 5.75 Å². The minimum atomic E-state index is -0.302. The molecule has 0 atom stereocenters. The summed E-state index contributed by atoms with van der Waals surface area (Å²) in [5.74, 6) is 0.335. The van der Waals surface area contributed by atoms with Crippen molar-refractivity contribution in [3.63, 3.8) is 0 Å². The molecule has 0 aliphatic heterocycles. The fraction of sp³-hybridized carbons (Fsp3) is 0.273. The first-order chi connectivity index (χ1) is 7.26. The van der Waals surface area contributed by atoms with Crippen LogP contribution in [0.4, 0.5) is 0 Å². The highest BCUT2D eigenvalue weighted by molar-refractivity contribution is 5.69. The molecule has 0 aliphatic rings. The number of carbonyl (C=O) groups excluding carboxylic acids is 1. The van der Waals surface area contributed by atoms with E-state index < -0.39 is 0 Å². The lowest BCUT2D eigenvalue weighted by molar-refractivity contribution is -0.141. The van der Waals surface area contributed by atoms with Crippen LogP contribution in [-0.2, 0) is 9.53 Å². The predicted octanol–water partition coefficient (Wildman–Crippen LogP) is 1.50. The molecule has 0 aliphatic carbocycles. The average molecular weight is 205 g/mol. The summed E-state index contributed by atoms with van der Waals surface area (Å²) >= 11 is 0. The van der Waals surface area contributed by atoms with Gasteiger partial charge in [-0.2, -0.15) is 5.26 Å². The molecule has 0 N–H and O–H groups in total. The van der Waals surface area contributed by atoms with Crippen molar-refractivity contribution in [2.45, 2.75) is 6.42 Å². The van der Waals surface area contributed by atoms with E-state index in [9.17, 15) is 4.79 Å². The second kappa shape index (κ2) is 5.66. The number of carbonyl (C=O) groups is 1. The summed E-state index contributed by atoms with van der Waals surface area (Å²) in [5.41, 5.74) is 0.579. The van der Waals surface area contributed by atoms with Crippen LogP contribution in [0.5, 0.6) is 5.75 Å². The maximum Gasteiger partial charge on any atom is 0.308 e. The summed E-state index contributed by atoms with van der Waals surface area (Å²) in [5, 5.41) is 8.56. The Hall–Kier alpha value is -2.02. The van der Waals surface area contributed by atoms with Crippen LogP contribution in [0.2, 0.25) is 0 Å². The van der Waals surface area contributed by atoms with Crippen LogP contribution in [0.3, 0.4) is 0 Å². The van der Waals surface area contributed by atoms with E-state index >= 15 is 0 Å². The highest BCUT2D eigenvalue weighted by atomic mass is 16.5. The normalized spacial score (nSPS) is 9.07. The van der Waals surface area contributed by atoms with E-state index in [1.54, 1.807) is 24.3 Å². The molecule has 0 saturated heterocycles. The van der Waals surface area contributed by atoms with Gasteiger partial charge in [0.15, 0.2) is 0 Å². The van der Waals surface area contributed by atoms with Crippen molar-refractivity contribution < 1.29 is 14.3 Å². The number of methoxy groups -OCH3 is 1. The number of esters is 1. The Bertz CT molecular complexity index is 364. The Kier molecular flexibility index (Phi) is 4.17.